The Balaban J connectivity index is 1.09. The Kier molecular flexibility index (Phi) is 6.30. The molecule has 0 N–H and O–H groups in total. The molecule has 166 valence electrons. The van der Waals surface area contributed by atoms with Crippen molar-refractivity contribution in [2.45, 2.75) is 19.3 Å². The summed E-state index contributed by atoms with van der Waals surface area (Å²) in [6.07, 6.45) is 8.12. The topological polar surface area (TPSA) is 52.6 Å². The first-order valence-electron chi connectivity index (χ1n) is 11.7. The lowest BCUT2D eigenvalue weighted by molar-refractivity contribution is -0.131. The van der Waals surface area contributed by atoms with E-state index in [1.54, 1.807) is 12.4 Å². The summed E-state index contributed by atoms with van der Waals surface area (Å²) < 4.78 is 0. The zero-order valence-electron chi connectivity index (χ0n) is 18.6. The van der Waals surface area contributed by atoms with E-state index in [1.807, 2.05) is 23.2 Å². The number of carbonyl (C=O) groups is 1. The summed E-state index contributed by atoms with van der Waals surface area (Å²) in [4.78, 5) is 28.5. The number of nitrogens with zero attached hydrogens (tertiary/aromatic N) is 5. The van der Waals surface area contributed by atoms with Crippen molar-refractivity contribution >= 4 is 22.5 Å². The number of hydrogen-bond donors (Lipinski definition) is 0. The van der Waals surface area contributed by atoms with Crippen molar-refractivity contribution in [3.8, 4) is 0 Å². The largest absolute Gasteiger partial charge is 0.354 e. The van der Waals surface area contributed by atoms with Gasteiger partial charge in [-0.1, -0.05) is 30.3 Å². The predicted octanol–water partition coefficient (Wildman–Crippen LogP) is 3.23. The average Bonchev–Trinajstić information content (AvgIpc) is 2.85. The minimum Gasteiger partial charge on any atom is -0.354 e. The molecule has 0 atom stereocenters. The van der Waals surface area contributed by atoms with E-state index in [4.69, 9.17) is 4.98 Å². The maximum Gasteiger partial charge on any atom is 0.227 e. The van der Waals surface area contributed by atoms with Gasteiger partial charge in [0, 0.05) is 69.8 Å². The lowest BCUT2D eigenvalue weighted by atomic mass is 9.95. The van der Waals surface area contributed by atoms with Crippen molar-refractivity contribution in [1.82, 2.24) is 19.8 Å². The van der Waals surface area contributed by atoms with E-state index in [1.165, 1.54) is 10.8 Å². The number of carbonyl (C=O) groups excluding carboxylic acids is 1. The van der Waals surface area contributed by atoms with Crippen molar-refractivity contribution in [1.29, 1.82) is 0 Å². The van der Waals surface area contributed by atoms with E-state index >= 15 is 0 Å². The molecule has 2 fully saturated rings. The van der Waals surface area contributed by atoms with Gasteiger partial charge in [-0.05, 0) is 41.8 Å². The molecule has 32 heavy (non-hydrogen) atoms. The number of rotatable bonds is 5. The molecular formula is C26H31N5O. The third-order valence-electron chi connectivity index (χ3n) is 6.89. The highest BCUT2D eigenvalue weighted by Crippen LogP contribution is 2.26. The third-order valence-corrected chi connectivity index (χ3v) is 6.89. The van der Waals surface area contributed by atoms with Gasteiger partial charge in [-0.2, -0.15) is 0 Å². The maximum atomic E-state index is 12.6. The minimum atomic E-state index is 0.229. The standard InChI is InChI=1S/C26H31N5O/c32-25(18-22-4-3-10-27-19-22)30-12-8-21(9-13-30)20-29-14-16-31(17-15-29)26-24-6-2-1-5-23(24)7-11-28-26/h1-7,10-11,19,21H,8-9,12-18,20H2. The quantitative estimate of drug-likeness (QED) is 0.623. The highest BCUT2D eigenvalue weighted by atomic mass is 16.2. The van der Waals surface area contributed by atoms with E-state index in [-0.39, 0.29) is 5.91 Å². The van der Waals surface area contributed by atoms with Gasteiger partial charge in [-0.15, -0.1) is 0 Å². The molecule has 2 aliphatic rings. The fourth-order valence-corrected chi connectivity index (χ4v) is 5.02. The van der Waals surface area contributed by atoms with Gasteiger partial charge in [0.2, 0.25) is 5.91 Å². The van der Waals surface area contributed by atoms with Crippen LogP contribution in [0.5, 0.6) is 0 Å². The average molecular weight is 430 g/mol. The van der Waals surface area contributed by atoms with Crippen molar-refractivity contribution in [2.75, 3.05) is 50.7 Å². The van der Waals surface area contributed by atoms with Crippen LogP contribution in [0.3, 0.4) is 0 Å². The van der Waals surface area contributed by atoms with E-state index in [0.29, 0.717) is 12.3 Å². The molecule has 0 radical (unpaired) electrons. The Morgan fingerprint density at radius 1 is 0.906 bits per heavy atom. The van der Waals surface area contributed by atoms with Crippen LogP contribution in [-0.4, -0.2) is 71.5 Å². The second kappa shape index (κ2) is 9.65. The van der Waals surface area contributed by atoms with Crippen LogP contribution in [0, 0.1) is 5.92 Å². The SMILES string of the molecule is O=C(Cc1cccnc1)N1CCC(CN2CCN(c3nccc4ccccc34)CC2)CC1. The number of fused-ring (bicyclic) bond motifs is 1. The van der Waals surface area contributed by atoms with E-state index in [9.17, 15) is 4.79 Å². The number of aromatic nitrogens is 2. The highest BCUT2D eigenvalue weighted by Gasteiger charge is 2.26. The summed E-state index contributed by atoms with van der Waals surface area (Å²) in [6.45, 7) is 7.08. The molecule has 3 aromatic rings. The molecule has 4 heterocycles. The van der Waals surface area contributed by atoms with Crippen LogP contribution >= 0.6 is 0 Å². The first-order valence-corrected chi connectivity index (χ1v) is 11.7. The van der Waals surface area contributed by atoms with Crippen LogP contribution in [0.25, 0.3) is 10.8 Å². The third kappa shape index (κ3) is 4.75. The molecule has 6 heteroatoms. The number of anilines is 1. The Labute approximate surface area is 189 Å². The van der Waals surface area contributed by atoms with E-state index < -0.39 is 0 Å². The molecular weight excluding hydrogens is 398 g/mol. The number of piperidine rings is 1. The fourth-order valence-electron chi connectivity index (χ4n) is 5.02. The molecule has 2 saturated heterocycles. The first-order chi connectivity index (χ1) is 15.8. The number of pyridine rings is 2. The van der Waals surface area contributed by atoms with Crippen molar-refractivity contribution < 1.29 is 4.79 Å². The number of hydrogen-bond acceptors (Lipinski definition) is 5. The molecule has 0 saturated carbocycles. The number of likely N-dealkylation sites (tertiary alicyclic amines) is 1. The van der Waals surface area contributed by atoms with Gasteiger partial charge in [0.05, 0.1) is 6.42 Å². The van der Waals surface area contributed by atoms with Crippen LogP contribution in [0.1, 0.15) is 18.4 Å². The summed E-state index contributed by atoms with van der Waals surface area (Å²) in [5, 5.41) is 2.50. The monoisotopic (exact) mass is 429 g/mol. The molecule has 0 aliphatic carbocycles. The van der Waals surface area contributed by atoms with Gasteiger partial charge in [0.15, 0.2) is 0 Å². The van der Waals surface area contributed by atoms with Crippen LogP contribution in [0.4, 0.5) is 5.82 Å². The minimum absolute atomic E-state index is 0.229. The number of piperazine rings is 1. The fraction of sp³-hybridized carbons (Fsp3) is 0.423. The predicted molar refractivity (Wildman–Crippen MR) is 128 cm³/mol. The summed E-state index contributed by atoms with van der Waals surface area (Å²) >= 11 is 0. The molecule has 5 rings (SSSR count). The van der Waals surface area contributed by atoms with Crippen LogP contribution in [-0.2, 0) is 11.2 Å². The van der Waals surface area contributed by atoms with Crippen LogP contribution in [0.15, 0.2) is 61.1 Å². The van der Waals surface area contributed by atoms with Crippen molar-refractivity contribution in [2.24, 2.45) is 5.92 Å². The van der Waals surface area contributed by atoms with Gasteiger partial charge in [0.25, 0.3) is 0 Å². The molecule has 6 nitrogen and oxygen atoms in total. The Bertz CT molecular complexity index is 1040. The lowest BCUT2D eigenvalue weighted by Crippen LogP contribution is -2.49. The van der Waals surface area contributed by atoms with Crippen LogP contribution in [0.2, 0.25) is 0 Å². The maximum absolute atomic E-state index is 12.6. The zero-order valence-corrected chi connectivity index (χ0v) is 18.6. The summed E-state index contributed by atoms with van der Waals surface area (Å²) in [5.41, 5.74) is 0.998. The van der Waals surface area contributed by atoms with Gasteiger partial charge in [-0.25, -0.2) is 4.98 Å². The van der Waals surface area contributed by atoms with Gasteiger partial charge < -0.3 is 9.80 Å². The smallest absolute Gasteiger partial charge is 0.227 e. The first kappa shape index (κ1) is 20.9. The molecule has 0 unspecified atom stereocenters. The lowest BCUT2D eigenvalue weighted by Gasteiger charge is -2.39. The molecule has 1 amide bonds. The Morgan fingerprint density at radius 2 is 1.72 bits per heavy atom. The zero-order chi connectivity index (χ0) is 21.8. The number of benzene rings is 1. The molecule has 2 aliphatic heterocycles. The molecule has 0 spiro atoms. The van der Waals surface area contributed by atoms with E-state index in [0.717, 1.165) is 70.0 Å². The molecule has 1 aromatic carbocycles. The number of amides is 1. The van der Waals surface area contributed by atoms with E-state index in [2.05, 4.69) is 45.1 Å². The second-order valence-corrected chi connectivity index (χ2v) is 9.01. The van der Waals surface area contributed by atoms with Crippen molar-refractivity contribution in [3.05, 3.63) is 66.6 Å². The van der Waals surface area contributed by atoms with Gasteiger partial charge >= 0.3 is 0 Å². The normalized spacial score (nSPS) is 18.2. The van der Waals surface area contributed by atoms with Crippen LogP contribution < -0.4 is 4.90 Å². The second-order valence-electron chi connectivity index (χ2n) is 9.01. The summed E-state index contributed by atoms with van der Waals surface area (Å²) in [5.74, 6) is 2.02. The Morgan fingerprint density at radius 3 is 2.50 bits per heavy atom. The Hall–Kier alpha value is -2.99. The summed E-state index contributed by atoms with van der Waals surface area (Å²) in [6, 6.07) is 14.5. The highest BCUT2D eigenvalue weighted by molar-refractivity contribution is 5.92. The molecule has 0 bridgehead atoms. The van der Waals surface area contributed by atoms with Crippen molar-refractivity contribution in [3.63, 3.8) is 0 Å². The van der Waals surface area contributed by atoms with Gasteiger partial charge in [-0.3, -0.25) is 14.7 Å². The molecule has 2 aromatic heterocycles. The van der Waals surface area contributed by atoms with Gasteiger partial charge in [0.1, 0.15) is 5.82 Å². The summed E-state index contributed by atoms with van der Waals surface area (Å²) in [7, 11) is 0.